The van der Waals surface area contributed by atoms with Gasteiger partial charge in [0.1, 0.15) is 17.3 Å². The van der Waals surface area contributed by atoms with Crippen LogP contribution < -0.4 is 10.1 Å². The van der Waals surface area contributed by atoms with E-state index in [-0.39, 0.29) is 0 Å². The Hall–Kier alpha value is -4.70. The number of methoxy groups -OCH3 is 1. The van der Waals surface area contributed by atoms with Gasteiger partial charge in [-0.2, -0.15) is 5.10 Å². The molecule has 9 nitrogen and oxygen atoms in total. The Bertz CT molecular complexity index is 1740. The second-order valence-electron chi connectivity index (χ2n) is 8.60. The van der Waals surface area contributed by atoms with Gasteiger partial charge in [-0.3, -0.25) is 20.1 Å². The summed E-state index contributed by atoms with van der Waals surface area (Å²) in [4.78, 5) is 21.5. The highest BCUT2D eigenvalue weighted by atomic mass is 19.1. The van der Waals surface area contributed by atoms with Gasteiger partial charge >= 0.3 is 0 Å². The van der Waals surface area contributed by atoms with Crippen LogP contribution in [-0.4, -0.2) is 48.8 Å². The molecule has 0 radical (unpaired) electrons. The lowest BCUT2D eigenvalue weighted by molar-refractivity contribution is 0.411. The van der Waals surface area contributed by atoms with Crippen molar-refractivity contribution in [3.05, 3.63) is 72.7 Å². The zero-order chi connectivity index (χ0) is 25.4. The summed E-state index contributed by atoms with van der Waals surface area (Å²) in [7, 11) is 1.50. The first kappa shape index (κ1) is 22.7. The van der Waals surface area contributed by atoms with Crippen LogP contribution in [0.1, 0.15) is 12.5 Å². The van der Waals surface area contributed by atoms with E-state index in [1.165, 1.54) is 19.2 Å². The summed E-state index contributed by atoms with van der Waals surface area (Å²) in [6, 6.07) is 8.59. The number of nitrogens with one attached hydrogen (secondary N) is 3. The zero-order valence-corrected chi connectivity index (χ0v) is 20.2. The van der Waals surface area contributed by atoms with Gasteiger partial charge in [0.15, 0.2) is 5.82 Å². The van der Waals surface area contributed by atoms with Gasteiger partial charge in [-0.05, 0) is 41.9 Å². The summed E-state index contributed by atoms with van der Waals surface area (Å²) in [6.45, 7) is 3.69. The fraction of sp³-hybridized carbons (Fsp3) is 0.148. The van der Waals surface area contributed by atoms with Crippen molar-refractivity contribution in [2.75, 3.05) is 13.7 Å². The molecule has 1 aromatic carbocycles. The topological polar surface area (TPSA) is 117 Å². The van der Waals surface area contributed by atoms with E-state index in [1.807, 2.05) is 12.3 Å². The summed E-state index contributed by atoms with van der Waals surface area (Å²) in [6.07, 6.45) is 8.76. The van der Waals surface area contributed by atoms with Gasteiger partial charge in [0.25, 0.3) is 0 Å². The molecule has 184 valence electrons. The molecule has 0 aliphatic rings. The molecule has 10 heteroatoms. The molecule has 0 spiro atoms. The Morgan fingerprint density at radius 1 is 0.946 bits per heavy atom. The average molecular weight is 495 g/mol. The second-order valence-corrected chi connectivity index (χ2v) is 8.60. The predicted octanol–water partition coefficient (Wildman–Crippen LogP) is 4.88. The summed E-state index contributed by atoms with van der Waals surface area (Å²) in [5.74, 6) is 0.588. The van der Waals surface area contributed by atoms with Crippen molar-refractivity contribution in [1.82, 2.24) is 40.4 Å². The average Bonchev–Trinajstić information content (AvgIpc) is 3.55. The minimum atomic E-state index is -0.399. The van der Waals surface area contributed by atoms with E-state index in [1.54, 1.807) is 30.9 Å². The maximum Gasteiger partial charge on any atom is 0.159 e. The largest absolute Gasteiger partial charge is 0.497 e. The van der Waals surface area contributed by atoms with Crippen LogP contribution in [0.2, 0.25) is 0 Å². The van der Waals surface area contributed by atoms with Crippen LogP contribution in [0.3, 0.4) is 0 Å². The van der Waals surface area contributed by atoms with Crippen molar-refractivity contribution in [1.29, 1.82) is 0 Å². The first-order chi connectivity index (χ1) is 18.1. The molecule has 0 aliphatic heterocycles. The number of benzene rings is 1. The highest BCUT2D eigenvalue weighted by Gasteiger charge is 2.17. The van der Waals surface area contributed by atoms with Gasteiger partial charge in [0.05, 0.1) is 41.7 Å². The van der Waals surface area contributed by atoms with Crippen molar-refractivity contribution in [2.24, 2.45) is 0 Å². The van der Waals surface area contributed by atoms with Gasteiger partial charge in [-0.25, -0.2) is 9.37 Å². The number of imidazole rings is 1. The smallest absolute Gasteiger partial charge is 0.159 e. The molecule has 0 bridgehead atoms. The molecular weight excluding hydrogens is 471 g/mol. The fourth-order valence-corrected chi connectivity index (χ4v) is 4.34. The van der Waals surface area contributed by atoms with Crippen molar-refractivity contribution in [2.45, 2.75) is 13.5 Å². The van der Waals surface area contributed by atoms with Crippen molar-refractivity contribution < 1.29 is 9.13 Å². The minimum Gasteiger partial charge on any atom is -0.497 e. The van der Waals surface area contributed by atoms with Gasteiger partial charge in [0.2, 0.25) is 0 Å². The Labute approximate surface area is 211 Å². The van der Waals surface area contributed by atoms with Crippen LogP contribution in [0.25, 0.3) is 55.8 Å². The number of hydrogen-bond donors (Lipinski definition) is 3. The number of ether oxygens (including phenoxy) is 1. The summed E-state index contributed by atoms with van der Waals surface area (Å²) >= 11 is 0. The molecule has 0 saturated carbocycles. The van der Waals surface area contributed by atoms with E-state index in [9.17, 15) is 4.39 Å². The van der Waals surface area contributed by atoms with Gasteiger partial charge in [0, 0.05) is 47.7 Å². The van der Waals surface area contributed by atoms with E-state index in [0.29, 0.717) is 39.4 Å². The van der Waals surface area contributed by atoms with Crippen LogP contribution in [-0.2, 0) is 6.54 Å². The summed E-state index contributed by atoms with van der Waals surface area (Å²) in [5.41, 5.74) is 6.88. The molecule has 5 aromatic heterocycles. The van der Waals surface area contributed by atoms with Crippen LogP contribution in [0, 0.1) is 5.82 Å². The van der Waals surface area contributed by atoms with Crippen molar-refractivity contribution in [3.63, 3.8) is 0 Å². The molecule has 0 fully saturated rings. The van der Waals surface area contributed by atoms with E-state index < -0.39 is 5.82 Å². The maximum absolute atomic E-state index is 14.2. The van der Waals surface area contributed by atoms with Gasteiger partial charge in [-0.1, -0.05) is 6.92 Å². The summed E-state index contributed by atoms with van der Waals surface area (Å²) < 4.78 is 19.4. The Morgan fingerprint density at radius 3 is 2.70 bits per heavy atom. The lowest BCUT2D eigenvalue weighted by Crippen LogP contribution is -2.11. The number of pyridine rings is 3. The van der Waals surface area contributed by atoms with Crippen LogP contribution in [0.15, 0.2) is 61.3 Å². The molecule has 6 rings (SSSR count). The van der Waals surface area contributed by atoms with Gasteiger partial charge in [-0.15, -0.1) is 0 Å². The van der Waals surface area contributed by atoms with Crippen LogP contribution in [0.5, 0.6) is 5.75 Å². The molecule has 0 atom stereocenters. The number of H-pyrrole nitrogens is 2. The predicted molar refractivity (Wildman–Crippen MR) is 139 cm³/mol. The second kappa shape index (κ2) is 9.40. The fourth-order valence-electron chi connectivity index (χ4n) is 4.34. The number of halogens is 1. The highest BCUT2D eigenvalue weighted by Crippen LogP contribution is 2.33. The lowest BCUT2D eigenvalue weighted by Gasteiger charge is -2.06. The third-order valence-electron chi connectivity index (χ3n) is 6.15. The third kappa shape index (κ3) is 4.27. The first-order valence-corrected chi connectivity index (χ1v) is 11.8. The number of aromatic nitrogens is 7. The van der Waals surface area contributed by atoms with Crippen molar-refractivity contribution in [3.8, 4) is 39.7 Å². The van der Waals surface area contributed by atoms with Crippen molar-refractivity contribution >= 4 is 21.9 Å². The quantitative estimate of drug-likeness (QED) is 0.289. The van der Waals surface area contributed by atoms with E-state index in [0.717, 1.165) is 40.8 Å². The molecule has 5 heterocycles. The first-order valence-electron chi connectivity index (χ1n) is 11.8. The Morgan fingerprint density at radius 2 is 1.84 bits per heavy atom. The molecule has 0 unspecified atom stereocenters. The van der Waals surface area contributed by atoms with E-state index in [4.69, 9.17) is 9.72 Å². The molecule has 0 amide bonds. The van der Waals surface area contributed by atoms with Crippen LogP contribution >= 0.6 is 0 Å². The lowest BCUT2D eigenvalue weighted by atomic mass is 10.1. The standard InChI is InChI=1S/C27H23FN8O/c1-3-29-9-15-4-17(11-30-10-15)22-8-20-23(14-32-22)35-36-26(20)27-33-24-13-31-12-21(25(24)34-27)16-5-18(28)7-19(6-16)37-2/h4-8,10-14,29H,3,9H2,1-2H3,(H,33,34)(H,35,36). The number of nitrogens with zero attached hydrogens (tertiary/aromatic N) is 5. The number of aromatic amines is 2. The molecule has 3 N–H and O–H groups in total. The number of hydrogen-bond acceptors (Lipinski definition) is 7. The monoisotopic (exact) mass is 494 g/mol. The van der Waals surface area contributed by atoms with Crippen LogP contribution in [0.4, 0.5) is 4.39 Å². The molecule has 0 aliphatic carbocycles. The minimum absolute atomic E-state index is 0.399. The maximum atomic E-state index is 14.2. The van der Waals surface area contributed by atoms with Gasteiger partial charge < -0.3 is 15.0 Å². The normalized spacial score (nSPS) is 11.4. The zero-order valence-electron chi connectivity index (χ0n) is 20.2. The SMILES string of the molecule is CCNCc1cncc(-c2cc3c(-c4nc5c(-c6cc(F)cc(OC)c6)cncc5[nH]4)n[nH]c3cn2)c1. The number of fused-ring (bicyclic) bond motifs is 2. The number of rotatable bonds is 7. The molecule has 6 aromatic rings. The molecule has 37 heavy (non-hydrogen) atoms. The Kier molecular flexibility index (Phi) is 5.78. The molecule has 0 saturated heterocycles. The Balaban J connectivity index is 1.43. The van der Waals surface area contributed by atoms with E-state index >= 15 is 0 Å². The third-order valence-corrected chi connectivity index (χ3v) is 6.15. The molecular formula is C27H23FN8O. The summed E-state index contributed by atoms with van der Waals surface area (Å²) in [5, 5.41) is 11.7. The highest BCUT2D eigenvalue weighted by molar-refractivity contribution is 5.97. The van der Waals surface area contributed by atoms with E-state index in [2.05, 4.69) is 48.4 Å².